The molecule has 0 saturated carbocycles. The zero-order valence-electron chi connectivity index (χ0n) is 18.8. The Balaban J connectivity index is 1.79. The Kier molecular flexibility index (Phi) is 5.44. The molecule has 0 spiro atoms. The smallest absolute Gasteiger partial charge is 0.277 e. The van der Waals surface area contributed by atoms with Gasteiger partial charge >= 0.3 is 0 Å². The molecule has 3 aromatic rings. The van der Waals surface area contributed by atoms with Gasteiger partial charge in [-0.05, 0) is 35.2 Å². The number of carbonyl (C=O) groups is 1. The average molecular weight is 416 g/mol. The first-order valence-electron chi connectivity index (χ1n) is 10.6. The van der Waals surface area contributed by atoms with Crippen LogP contribution in [-0.4, -0.2) is 43.0 Å². The fourth-order valence-corrected chi connectivity index (χ4v) is 3.62. The van der Waals surface area contributed by atoms with Gasteiger partial charge in [-0.15, -0.1) is 0 Å². The van der Waals surface area contributed by atoms with E-state index in [0.29, 0.717) is 30.4 Å². The largest absolute Gasteiger partial charge is 0.435 e. The molecule has 160 valence electrons. The van der Waals surface area contributed by atoms with Gasteiger partial charge < -0.3 is 14.2 Å². The van der Waals surface area contributed by atoms with Crippen molar-refractivity contribution in [2.24, 2.45) is 0 Å². The normalized spacial score (nSPS) is 13.6. The summed E-state index contributed by atoms with van der Waals surface area (Å²) >= 11 is 0. The van der Waals surface area contributed by atoms with Crippen LogP contribution in [0.2, 0.25) is 0 Å². The molecule has 0 saturated heterocycles. The van der Waals surface area contributed by atoms with Crippen molar-refractivity contribution in [3.63, 3.8) is 0 Å². The van der Waals surface area contributed by atoms with E-state index in [2.05, 4.69) is 37.9 Å². The second-order valence-corrected chi connectivity index (χ2v) is 9.15. The van der Waals surface area contributed by atoms with Crippen LogP contribution in [0.15, 0.2) is 65.1 Å². The number of oxazole rings is 1. The molecule has 0 bridgehead atoms. The van der Waals surface area contributed by atoms with Crippen molar-refractivity contribution < 1.29 is 9.21 Å². The minimum atomic E-state index is -0.114. The lowest BCUT2D eigenvalue weighted by molar-refractivity contribution is 0.0795. The Bertz CT molecular complexity index is 1110. The Morgan fingerprint density at radius 1 is 1.00 bits per heavy atom. The first-order chi connectivity index (χ1) is 14.7. The van der Waals surface area contributed by atoms with Crippen molar-refractivity contribution >= 4 is 11.6 Å². The molecule has 1 aliphatic heterocycles. The Morgan fingerprint density at radius 3 is 2.29 bits per heavy atom. The summed E-state index contributed by atoms with van der Waals surface area (Å²) in [7, 11) is 3.98. The number of aromatic nitrogens is 1. The van der Waals surface area contributed by atoms with E-state index in [1.807, 2.05) is 67.5 Å². The van der Waals surface area contributed by atoms with Gasteiger partial charge in [-0.3, -0.25) is 4.79 Å². The minimum absolute atomic E-state index is 0.0663. The number of amides is 1. The van der Waals surface area contributed by atoms with Gasteiger partial charge in [0.25, 0.3) is 5.91 Å². The third kappa shape index (κ3) is 4.26. The minimum Gasteiger partial charge on any atom is -0.435 e. The van der Waals surface area contributed by atoms with Crippen molar-refractivity contribution in [2.45, 2.75) is 26.2 Å². The highest BCUT2D eigenvalue weighted by atomic mass is 16.4. The molecule has 1 aromatic heterocycles. The van der Waals surface area contributed by atoms with Crippen molar-refractivity contribution in [3.8, 4) is 22.8 Å². The van der Waals surface area contributed by atoms with Crippen LogP contribution in [0.1, 0.15) is 36.8 Å². The van der Waals surface area contributed by atoms with Gasteiger partial charge in [0.15, 0.2) is 11.5 Å². The van der Waals surface area contributed by atoms with Crippen molar-refractivity contribution in [1.82, 2.24) is 9.88 Å². The molecular formula is C26H29N3O2. The first-order valence-corrected chi connectivity index (χ1v) is 10.6. The molecule has 1 amide bonds. The maximum absolute atomic E-state index is 13.2. The summed E-state index contributed by atoms with van der Waals surface area (Å²) in [6.45, 7) is 7.74. The topological polar surface area (TPSA) is 49.6 Å². The van der Waals surface area contributed by atoms with Crippen LogP contribution in [0.5, 0.6) is 0 Å². The average Bonchev–Trinajstić information content (AvgIpc) is 3.43. The number of rotatable bonds is 4. The molecule has 2 heterocycles. The predicted octanol–water partition coefficient (Wildman–Crippen LogP) is 5.38. The molecule has 4 rings (SSSR count). The molecule has 0 atom stereocenters. The zero-order valence-corrected chi connectivity index (χ0v) is 18.8. The van der Waals surface area contributed by atoms with Gasteiger partial charge in [0.05, 0.1) is 0 Å². The molecule has 0 aliphatic carbocycles. The third-order valence-corrected chi connectivity index (χ3v) is 5.56. The molecule has 0 N–H and O–H groups in total. The van der Waals surface area contributed by atoms with E-state index in [4.69, 9.17) is 4.42 Å². The van der Waals surface area contributed by atoms with E-state index in [1.165, 1.54) is 5.56 Å². The number of nitrogens with zero attached hydrogens (tertiary/aromatic N) is 3. The van der Waals surface area contributed by atoms with E-state index in [-0.39, 0.29) is 11.3 Å². The quantitative estimate of drug-likeness (QED) is 0.537. The van der Waals surface area contributed by atoms with Crippen LogP contribution in [0, 0.1) is 0 Å². The molecule has 5 nitrogen and oxygen atoms in total. The van der Waals surface area contributed by atoms with Crippen molar-refractivity contribution in [3.05, 3.63) is 71.9 Å². The molecule has 0 fully saturated rings. The summed E-state index contributed by atoms with van der Waals surface area (Å²) in [5.41, 5.74) is 4.39. The fourth-order valence-electron chi connectivity index (χ4n) is 3.62. The SMILES string of the molecule is CN(C)c1cccc(-c2oc(-c3ccc(C(C)(C)C)cc3)nc2C(=O)N2CC=CC2)c1. The Hall–Kier alpha value is -3.34. The lowest BCUT2D eigenvalue weighted by Gasteiger charge is -2.18. The van der Waals surface area contributed by atoms with Crippen LogP contribution < -0.4 is 4.90 Å². The van der Waals surface area contributed by atoms with Crippen molar-refractivity contribution in [1.29, 1.82) is 0 Å². The molecule has 5 heteroatoms. The lowest BCUT2D eigenvalue weighted by Crippen LogP contribution is -2.28. The van der Waals surface area contributed by atoms with Crippen LogP contribution >= 0.6 is 0 Å². The number of carbonyl (C=O) groups excluding carboxylic acids is 1. The summed E-state index contributed by atoms with van der Waals surface area (Å²) in [6.07, 6.45) is 3.99. The van der Waals surface area contributed by atoms with Crippen LogP contribution in [-0.2, 0) is 5.41 Å². The summed E-state index contributed by atoms with van der Waals surface area (Å²) in [6, 6.07) is 16.2. The fraction of sp³-hybridized carbons (Fsp3) is 0.308. The number of hydrogen-bond acceptors (Lipinski definition) is 4. The van der Waals surface area contributed by atoms with Gasteiger partial charge in [-0.1, -0.05) is 57.2 Å². The Labute approximate surface area is 184 Å². The summed E-state index contributed by atoms with van der Waals surface area (Å²) in [5, 5.41) is 0. The van der Waals surface area contributed by atoms with E-state index in [0.717, 1.165) is 16.8 Å². The molecule has 1 aliphatic rings. The first kappa shape index (κ1) is 20.9. The number of benzene rings is 2. The summed E-state index contributed by atoms with van der Waals surface area (Å²) in [5.74, 6) is 0.855. The highest BCUT2D eigenvalue weighted by Gasteiger charge is 2.27. The predicted molar refractivity (Wildman–Crippen MR) is 125 cm³/mol. The van der Waals surface area contributed by atoms with E-state index in [1.54, 1.807) is 4.90 Å². The van der Waals surface area contributed by atoms with Crippen molar-refractivity contribution in [2.75, 3.05) is 32.1 Å². The van der Waals surface area contributed by atoms with E-state index in [9.17, 15) is 4.79 Å². The number of anilines is 1. The van der Waals surface area contributed by atoms with E-state index >= 15 is 0 Å². The molecular weight excluding hydrogens is 386 g/mol. The standard InChI is InChI=1S/C26H29N3O2/c1-26(2,3)20-13-11-18(12-14-20)24-27-22(25(30)29-15-6-7-16-29)23(31-24)19-9-8-10-21(17-19)28(4)5/h6-14,17H,15-16H2,1-5H3. The molecule has 0 unspecified atom stereocenters. The van der Waals surface area contributed by atoms with Gasteiger partial charge in [0, 0.05) is 44.0 Å². The monoisotopic (exact) mass is 415 g/mol. The third-order valence-electron chi connectivity index (χ3n) is 5.56. The van der Waals surface area contributed by atoms with E-state index < -0.39 is 0 Å². The maximum Gasteiger partial charge on any atom is 0.277 e. The van der Waals surface area contributed by atoms with Gasteiger partial charge in [0.1, 0.15) is 0 Å². The van der Waals surface area contributed by atoms with Gasteiger partial charge in [-0.25, -0.2) is 4.98 Å². The molecule has 0 radical (unpaired) electrons. The van der Waals surface area contributed by atoms with Crippen LogP contribution in [0.25, 0.3) is 22.8 Å². The summed E-state index contributed by atoms with van der Waals surface area (Å²) in [4.78, 5) is 21.7. The highest BCUT2D eigenvalue weighted by Crippen LogP contribution is 2.33. The van der Waals surface area contributed by atoms with Gasteiger partial charge in [0.2, 0.25) is 5.89 Å². The number of hydrogen-bond donors (Lipinski definition) is 0. The zero-order chi connectivity index (χ0) is 22.2. The van der Waals surface area contributed by atoms with Gasteiger partial charge in [-0.2, -0.15) is 0 Å². The van der Waals surface area contributed by atoms with Crippen LogP contribution in [0.3, 0.4) is 0 Å². The Morgan fingerprint density at radius 2 is 1.68 bits per heavy atom. The summed E-state index contributed by atoms with van der Waals surface area (Å²) < 4.78 is 6.23. The van der Waals surface area contributed by atoms with Crippen LogP contribution in [0.4, 0.5) is 5.69 Å². The lowest BCUT2D eigenvalue weighted by atomic mass is 9.87. The second-order valence-electron chi connectivity index (χ2n) is 9.15. The molecule has 31 heavy (non-hydrogen) atoms. The highest BCUT2D eigenvalue weighted by molar-refractivity contribution is 5.99. The second kappa shape index (κ2) is 8.06. The molecule has 2 aromatic carbocycles. The maximum atomic E-state index is 13.2.